The summed E-state index contributed by atoms with van der Waals surface area (Å²) >= 11 is 3.22. The van der Waals surface area contributed by atoms with Crippen molar-refractivity contribution >= 4 is 15.9 Å². The Morgan fingerprint density at radius 1 is 1.32 bits per heavy atom. The van der Waals surface area contributed by atoms with Gasteiger partial charge in [0.15, 0.2) is 0 Å². The van der Waals surface area contributed by atoms with Crippen LogP contribution in [0.4, 0.5) is 4.39 Å². The van der Waals surface area contributed by atoms with Crippen LogP contribution in [-0.4, -0.2) is 11.5 Å². The van der Waals surface area contributed by atoms with Crippen molar-refractivity contribution in [2.24, 2.45) is 0 Å². The van der Waals surface area contributed by atoms with Gasteiger partial charge in [0, 0.05) is 29.3 Å². The molecule has 3 nitrogen and oxygen atoms in total. The van der Waals surface area contributed by atoms with Crippen molar-refractivity contribution in [1.29, 1.82) is 0 Å². The third-order valence-electron chi connectivity index (χ3n) is 2.44. The summed E-state index contributed by atoms with van der Waals surface area (Å²) < 4.78 is 19.4. The van der Waals surface area contributed by atoms with Gasteiger partial charge in [0.2, 0.25) is 5.88 Å². The van der Waals surface area contributed by atoms with Crippen LogP contribution >= 0.6 is 15.9 Å². The van der Waals surface area contributed by atoms with Crippen molar-refractivity contribution in [2.45, 2.75) is 13.5 Å². The molecule has 0 atom stereocenters. The van der Waals surface area contributed by atoms with E-state index in [1.54, 1.807) is 12.3 Å². The first-order valence-electron chi connectivity index (χ1n) is 5.97. The van der Waals surface area contributed by atoms with Crippen LogP contribution in [0, 0.1) is 5.82 Å². The monoisotopic (exact) mass is 324 g/mol. The van der Waals surface area contributed by atoms with Crippen LogP contribution in [0.5, 0.6) is 11.6 Å². The Morgan fingerprint density at radius 3 is 2.89 bits per heavy atom. The van der Waals surface area contributed by atoms with Crippen molar-refractivity contribution in [3.8, 4) is 11.6 Å². The molecule has 0 saturated heterocycles. The highest BCUT2D eigenvalue weighted by molar-refractivity contribution is 9.10. The van der Waals surface area contributed by atoms with Crippen molar-refractivity contribution < 1.29 is 9.13 Å². The van der Waals surface area contributed by atoms with Gasteiger partial charge in [0.05, 0.1) is 0 Å². The molecular formula is C14H14BrFN2O. The molecule has 0 aliphatic rings. The standard InChI is InChI=1S/C14H14BrFN2O/c1-2-17-9-10-3-4-18-14(5-10)19-13-7-11(15)6-12(16)8-13/h3-8,17H,2,9H2,1H3. The van der Waals surface area contributed by atoms with E-state index in [9.17, 15) is 4.39 Å². The normalized spacial score (nSPS) is 10.5. The number of hydrogen-bond acceptors (Lipinski definition) is 3. The fourth-order valence-corrected chi connectivity index (χ4v) is 2.04. The molecule has 0 unspecified atom stereocenters. The van der Waals surface area contributed by atoms with Crippen LogP contribution in [0.1, 0.15) is 12.5 Å². The number of halogens is 2. The Balaban J connectivity index is 2.13. The number of rotatable bonds is 5. The van der Waals surface area contributed by atoms with Crippen molar-refractivity contribution in [1.82, 2.24) is 10.3 Å². The molecule has 1 aromatic heterocycles. The van der Waals surface area contributed by atoms with Gasteiger partial charge < -0.3 is 10.1 Å². The highest BCUT2D eigenvalue weighted by Crippen LogP contribution is 2.25. The second-order valence-electron chi connectivity index (χ2n) is 3.99. The van der Waals surface area contributed by atoms with Gasteiger partial charge >= 0.3 is 0 Å². The molecule has 0 fully saturated rings. The zero-order valence-corrected chi connectivity index (χ0v) is 12.1. The lowest BCUT2D eigenvalue weighted by atomic mass is 10.2. The zero-order valence-electron chi connectivity index (χ0n) is 10.5. The molecule has 0 aliphatic carbocycles. The summed E-state index contributed by atoms with van der Waals surface area (Å²) in [7, 11) is 0. The van der Waals surface area contributed by atoms with Crippen LogP contribution in [-0.2, 0) is 6.54 Å². The van der Waals surface area contributed by atoms with E-state index in [4.69, 9.17) is 4.74 Å². The van der Waals surface area contributed by atoms with Crippen molar-refractivity contribution in [3.05, 3.63) is 52.4 Å². The number of aromatic nitrogens is 1. The van der Waals surface area contributed by atoms with Crippen LogP contribution in [0.2, 0.25) is 0 Å². The summed E-state index contributed by atoms with van der Waals surface area (Å²) in [4.78, 5) is 4.11. The topological polar surface area (TPSA) is 34.2 Å². The first-order chi connectivity index (χ1) is 9.17. The Bertz CT molecular complexity index is 543. The van der Waals surface area contributed by atoms with Crippen LogP contribution in [0.3, 0.4) is 0 Å². The number of benzene rings is 1. The number of nitrogens with one attached hydrogen (secondary N) is 1. The van der Waals surface area contributed by atoms with E-state index in [-0.39, 0.29) is 5.82 Å². The van der Waals surface area contributed by atoms with Gasteiger partial charge in [-0.1, -0.05) is 22.9 Å². The van der Waals surface area contributed by atoms with Gasteiger partial charge in [0.25, 0.3) is 0 Å². The SMILES string of the molecule is CCNCc1ccnc(Oc2cc(F)cc(Br)c2)c1. The van der Waals surface area contributed by atoms with Gasteiger partial charge in [-0.25, -0.2) is 9.37 Å². The lowest BCUT2D eigenvalue weighted by Gasteiger charge is -2.07. The minimum absolute atomic E-state index is 0.354. The molecule has 5 heteroatoms. The average Bonchev–Trinajstić information content (AvgIpc) is 2.35. The third kappa shape index (κ3) is 4.29. The van der Waals surface area contributed by atoms with Crippen LogP contribution in [0.15, 0.2) is 41.0 Å². The van der Waals surface area contributed by atoms with Gasteiger partial charge in [-0.2, -0.15) is 0 Å². The Morgan fingerprint density at radius 2 is 2.16 bits per heavy atom. The molecule has 2 rings (SSSR count). The van der Waals surface area contributed by atoms with E-state index >= 15 is 0 Å². The van der Waals surface area contributed by atoms with Gasteiger partial charge in [-0.05, 0) is 30.3 Å². The van der Waals surface area contributed by atoms with Gasteiger partial charge in [-0.3, -0.25) is 0 Å². The Hall–Kier alpha value is -1.46. The van der Waals surface area contributed by atoms with Crippen molar-refractivity contribution in [3.63, 3.8) is 0 Å². The minimum Gasteiger partial charge on any atom is -0.439 e. The molecule has 1 heterocycles. The maximum atomic E-state index is 13.2. The van der Waals surface area contributed by atoms with Gasteiger partial charge in [-0.15, -0.1) is 0 Å². The van der Waals surface area contributed by atoms with E-state index in [0.717, 1.165) is 18.7 Å². The molecule has 19 heavy (non-hydrogen) atoms. The minimum atomic E-state index is -0.354. The summed E-state index contributed by atoms with van der Waals surface area (Å²) in [5, 5.41) is 3.22. The molecular weight excluding hydrogens is 311 g/mol. The molecule has 1 aromatic carbocycles. The Kier molecular flexibility index (Phi) is 4.87. The number of hydrogen-bond donors (Lipinski definition) is 1. The molecule has 0 aliphatic heterocycles. The first-order valence-corrected chi connectivity index (χ1v) is 6.76. The maximum absolute atomic E-state index is 13.2. The summed E-state index contributed by atoms with van der Waals surface area (Å²) in [6.07, 6.45) is 1.68. The summed E-state index contributed by atoms with van der Waals surface area (Å²) in [5.41, 5.74) is 1.07. The maximum Gasteiger partial charge on any atom is 0.219 e. The quantitative estimate of drug-likeness (QED) is 0.906. The largest absolute Gasteiger partial charge is 0.439 e. The molecule has 2 aromatic rings. The number of pyridine rings is 1. The van der Waals surface area contributed by atoms with E-state index in [2.05, 4.69) is 26.2 Å². The highest BCUT2D eigenvalue weighted by atomic mass is 79.9. The third-order valence-corrected chi connectivity index (χ3v) is 2.89. The molecule has 0 bridgehead atoms. The molecule has 1 N–H and O–H groups in total. The number of nitrogens with zero attached hydrogens (tertiary/aromatic N) is 1. The van der Waals surface area contributed by atoms with E-state index < -0.39 is 0 Å². The fourth-order valence-electron chi connectivity index (χ4n) is 1.59. The van der Waals surface area contributed by atoms with E-state index in [1.165, 1.54) is 12.1 Å². The van der Waals surface area contributed by atoms with E-state index in [1.807, 2.05) is 19.1 Å². The average molecular weight is 325 g/mol. The van der Waals surface area contributed by atoms with Crippen LogP contribution < -0.4 is 10.1 Å². The predicted molar refractivity (Wildman–Crippen MR) is 75.8 cm³/mol. The predicted octanol–water partition coefficient (Wildman–Crippen LogP) is 3.89. The second-order valence-corrected chi connectivity index (χ2v) is 4.91. The van der Waals surface area contributed by atoms with E-state index in [0.29, 0.717) is 16.1 Å². The fraction of sp³-hybridized carbons (Fsp3) is 0.214. The van der Waals surface area contributed by atoms with Crippen molar-refractivity contribution in [2.75, 3.05) is 6.54 Å². The smallest absolute Gasteiger partial charge is 0.219 e. The lowest BCUT2D eigenvalue weighted by molar-refractivity contribution is 0.456. The van der Waals surface area contributed by atoms with Crippen LogP contribution in [0.25, 0.3) is 0 Å². The number of ether oxygens (including phenoxy) is 1. The zero-order chi connectivity index (χ0) is 13.7. The molecule has 0 amide bonds. The summed E-state index contributed by atoms with van der Waals surface area (Å²) in [6.45, 7) is 3.69. The van der Waals surface area contributed by atoms with Gasteiger partial charge in [0.1, 0.15) is 11.6 Å². The summed E-state index contributed by atoms with van der Waals surface area (Å²) in [5.74, 6) is 0.515. The molecule has 0 spiro atoms. The summed E-state index contributed by atoms with van der Waals surface area (Å²) in [6, 6.07) is 8.14. The molecule has 0 saturated carbocycles. The lowest BCUT2D eigenvalue weighted by Crippen LogP contribution is -2.11. The molecule has 100 valence electrons. The molecule has 0 radical (unpaired) electrons. The highest BCUT2D eigenvalue weighted by Gasteiger charge is 2.03. The Labute approximate surface area is 119 Å². The first kappa shape index (κ1) is 14.0. The second kappa shape index (κ2) is 6.63.